The van der Waals surface area contributed by atoms with Gasteiger partial charge in [0.2, 0.25) is 5.91 Å². The summed E-state index contributed by atoms with van der Waals surface area (Å²) in [4.78, 5) is 21.9. The second-order valence-corrected chi connectivity index (χ2v) is 3.67. The van der Waals surface area contributed by atoms with E-state index in [0.717, 1.165) is 0 Å². The van der Waals surface area contributed by atoms with Crippen molar-refractivity contribution in [3.8, 4) is 11.5 Å². The second kappa shape index (κ2) is 7.25. The molecule has 0 heterocycles. The number of rotatable bonds is 7. The smallest absolute Gasteiger partial charge is 0.335 e. The molecule has 6 nitrogen and oxygen atoms in total. The van der Waals surface area contributed by atoms with Crippen molar-refractivity contribution in [3.63, 3.8) is 0 Å². The molecular weight excluding hydrogens is 250 g/mol. The highest BCUT2D eigenvalue weighted by Gasteiger charge is 2.11. The summed E-state index contributed by atoms with van der Waals surface area (Å²) < 4.78 is 10.7. The topological polar surface area (TPSA) is 84.9 Å². The number of carboxylic acids is 1. The number of hydrogen-bond acceptors (Lipinski definition) is 4. The van der Waals surface area contributed by atoms with Crippen LogP contribution in [0.4, 0.5) is 0 Å². The fourth-order valence-electron chi connectivity index (χ4n) is 1.41. The third kappa shape index (κ3) is 4.50. The van der Waals surface area contributed by atoms with Crippen molar-refractivity contribution in [2.24, 2.45) is 0 Å². The molecule has 1 aromatic rings. The van der Waals surface area contributed by atoms with Crippen LogP contribution in [-0.2, 0) is 4.79 Å². The van der Waals surface area contributed by atoms with Crippen LogP contribution < -0.4 is 14.8 Å². The van der Waals surface area contributed by atoms with Gasteiger partial charge in [0.1, 0.15) is 0 Å². The van der Waals surface area contributed by atoms with E-state index in [0.29, 0.717) is 18.1 Å². The molecule has 2 N–H and O–H groups in total. The van der Waals surface area contributed by atoms with Gasteiger partial charge in [-0.25, -0.2) is 4.79 Å². The molecule has 1 rings (SSSR count). The summed E-state index contributed by atoms with van der Waals surface area (Å²) in [6.45, 7) is 2.39. The third-order valence-corrected chi connectivity index (χ3v) is 2.36. The lowest BCUT2D eigenvalue weighted by Gasteiger charge is -2.12. The molecule has 0 unspecified atom stereocenters. The molecule has 0 aliphatic carbocycles. The average molecular weight is 267 g/mol. The normalized spacial score (nSPS) is 9.79. The summed E-state index contributed by atoms with van der Waals surface area (Å²) in [5.74, 6) is -0.368. The zero-order valence-electron chi connectivity index (χ0n) is 10.9. The van der Waals surface area contributed by atoms with Gasteiger partial charge in [0.15, 0.2) is 11.5 Å². The Bertz CT molecular complexity index is 458. The van der Waals surface area contributed by atoms with Crippen LogP contribution >= 0.6 is 0 Å². The Hall–Kier alpha value is -2.24. The van der Waals surface area contributed by atoms with E-state index < -0.39 is 5.97 Å². The Morgan fingerprint density at radius 2 is 2.00 bits per heavy atom. The van der Waals surface area contributed by atoms with Crippen LogP contribution in [-0.4, -0.2) is 37.2 Å². The molecule has 0 aromatic heterocycles. The molecule has 1 amide bonds. The third-order valence-electron chi connectivity index (χ3n) is 2.36. The molecule has 0 saturated carbocycles. The van der Waals surface area contributed by atoms with Gasteiger partial charge in [-0.3, -0.25) is 4.79 Å². The number of carbonyl (C=O) groups is 2. The van der Waals surface area contributed by atoms with Gasteiger partial charge < -0.3 is 19.9 Å². The van der Waals surface area contributed by atoms with Gasteiger partial charge in [-0.2, -0.15) is 0 Å². The Morgan fingerprint density at radius 1 is 1.26 bits per heavy atom. The van der Waals surface area contributed by atoms with E-state index in [1.54, 1.807) is 14.0 Å². The Kier molecular flexibility index (Phi) is 5.66. The maximum atomic E-state index is 11.1. The van der Waals surface area contributed by atoms with E-state index in [2.05, 4.69) is 5.32 Å². The number of hydrogen-bond donors (Lipinski definition) is 2. The first-order chi connectivity index (χ1) is 9.08. The number of benzene rings is 1. The number of nitrogens with one attached hydrogen (secondary N) is 1. The largest absolute Gasteiger partial charge is 0.490 e. The molecular formula is C13H17NO5. The minimum Gasteiger partial charge on any atom is -0.490 e. The van der Waals surface area contributed by atoms with Crippen LogP contribution in [0.25, 0.3) is 0 Å². The van der Waals surface area contributed by atoms with E-state index in [9.17, 15) is 9.59 Å². The van der Waals surface area contributed by atoms with E-state index in [1.807, 2.05) is 0 Å². The number of amides is 1. The van der Waals surface area contributed by atoms with Gasteiger partial charge in [-0.1, -0.05) is 0 Å². The zero-order valence-corrected chi connectivity index (χ0v) is 10.9. The molecule has 0 aliphatic heterocycles. The van der Waals surface area contributed by atoms with Gasteiger partial charge in [0.25, 0.3) is 0 Å². The average Bonchev–Trinajstić information content (AvgIpc) is 2.40. The lowest BCUT2D eigenvalue weighted by molar-refractivity contribution is -0.121. The summed E-state index contributed by atoms with van der Waals surface area (Å²) >= 11 is 0. The number of ether oxygens (including phenoxy) is 2. The quantitative estimate of drug-likeness (QED) is 0.777. The lowest BCUT2D eigenvalue weighted by Crippen LogP contribution is -2.20. The molecule has 0 fully saturated rings. The van der Waals surface area contributed by atoms with E-state index in [-0.39, 0.29) is 24.5 Å². The molecule has 19 heavy (non-hydrogen) atoms. The van der Waals surface area contributed by atoms with Crippen molar-refractivity contribution in [1.82, 2.24) is 5.32 Å². The minimum absolute atomic E-state index is 0.125. The van der Waals surface area contributed by atoms with Crippen molar-refractivity contribution in [2.75, 3.05) is 20.3 Å². The van der Waals surface area contributed by atoms with Crippen LogP contribution in [0.1, 0.15) is 23.7 Å². The second-order valence-electron chi connectivity index (χ2n) is 3.67. The first-order valence-corrected chi connectivity index (χ1v) is 5.92. The van der Waals surface area contributed by atoms with Gasteiger partial charge in [0, 0.05) is 7.05 Å². The van der Waals surface area contributed by atoms with Crippen LogP contribution in [0, 0.1) is 0 Å². The predicted octanol–water partition coefficient (Wildman–Crippen LogP) is 1.30. The van der Waals surface area contributed by atoms with Gasteiger partial charge in [0.05, 0.1) is 25.2 Å². The highest BCUT2D eigenvalue weighted by atomic mass is 16.5. The fraction of sp³-hybridized carbons (Fsp3) is 0.385. The van der Waals surface area contributed by atoms with Crippen LogP contribution in [0.3, 0.4) is 0 Å². The molecule has 0 radical (unpaired) electrons. The van der Waals surface area contributed by atoms with E-state index >= 15 is 0 Å². The minimum atomic E-state index is -1.03. The SMILES string of the molecule is CCOc1cc(C(=O)O)ccc1OCCC(=O)NC. The van der Waals surface area contributed by atoms with Crippen LogP contribution in [0.15, 0.2) is 18.2 Å². The van der Waals surface area contributed by atoms with Crippen molar-refractivity contribution >= 4 is 11.9 Å². The first-order valence-electron chi connectivity index (χ1n) is 5.92. The molecule has 0 atom stereocenters. The zero-order chi connectivity index (χ0) is 14.3. The maximum absolute atomic E-state index is 11.1. The standard InChI is InChI=1S/C13H17NO5/c1-3-18-11-8-9(13(16)17)4-5-10(11)19-7-6-12(15)14-2/h4-5,8H,3,6-7H2,1-2H3,(H,14,15)(H,16,17). The van der Waals surface area contributed by atoms with Crippen LogP contribution in [0.2, 0.25) is 0 Å². The van der Waals surface area contributed by atoms with Gasteiger partial charge >= 0.3 is 5.97 Å². The molecule has 0 bridgehead atoms. The molecule has 6 heteroatoms. The van der Waals surface area contributed by atoms with Gasteiger partial charge in [-0.05, 0) is 25.1 Å². The van der Waals surface area contributed by atoms with Crippen molar-refractivity contribution in [2.45, 2.75) is 13.3 Å². The summed E-state index contributed by atoms with van der Waals surface area (Å²) in [7, 11) is 1.55. The molecule has 1 aromatic carbocycles. The Morgan fingerprint density at radius 3 is 2.58 bits per heavy atom. The van der Waals surface area contributed by atoms with Crippen molar-refractivity contribution < 1.29 is 24.2 Å². The summed E-state index contributed by atoms with van der Waals surface area (Å²) in [6.07, 6.45) is 0.225. The summed E-state index contributed by atoms with van der Waals surface area (Å²) in [6, 6.07) is 4.36. The summed E-state index contributed by atoms with van der Waals surface area (Å²) in [5.41, 5.74) is 0.127. The van der Waals surface area contributed by atoms with Crippen molar-refractivity contribution in [3.05, 3.63) is 23.8 Å². The molecule has 0 saturated heterocycles. The monoisotopic (exact) mass is 267 g/mol. The van der Waals surface area contributed by atoms with E-state index in [1.165, 1.54) is 18.2 Å². The highest BCUT2D eigenvalue weighted by molar-refractivity contribution is 5.88. The Labute approximate surface area is 111 Å². The lowest BCUT2D eigenvalue weighted by atomic mass is 10.2. The van der Waals surface area contributed by atoms with Gasteiger partial charge in [-0.15, -0.1) is 0 Å². The molecule has 0 aliphatic rings. The fourth-order valence-corrected chi connectivity index (χ4v) is 1.41. The number of carbonyl (C=O) groups excluding carboxylic acids is 1. The number of carboxylic acid groups (broad SMARTS) is 1. The van der Waals surface area contributed by atoms with Crippen LogP contribution in [0.5, 0.6) is 11.5 Å². The highest BCUT2D eigenvalue weighted by Crippen LogP contribution is 2.28. The molecule has 104 valence electrons. The van der Waals surface area contributed by atoms with Crippen molar-refractivity contribution in [1.29, 1.82) is 0 Å². The predicted molar refractivity (Wildman–Crippen MR) is 68.7 cm³/mol. The number of aromatic carboxylic acids is 1. The molecule has 0 spiro atoms. The Balaban J connectivity index is 2.75. The maximum Gasteiger partial charge on any atom is 0.335 e. The van der Waals surface area contributed by atoms with E-state index in [4.69, 9.17) is 14.6 Å². The first kappa shape index (κ1) is 14.8. The summed E-state index contributed by atoms with van der Waals surface area (Å²) in [5, 5.41) is 11.4.